The van der Waals surface area contributed by atoms with Crippen LogP contribution in [0.4, 0.5) is 5.69 Å². The molecule has 0 saturated carbocycles. The standard InChI is InChI=1S/C12H18N2OS/c1-14(2)12(15)8-9-13-10-4-6-11(16-3)7-5-10/h4-7,13H,8-9H2,1-3H3. The molecule has 0 aliphatic carbocycles. The van der Waals surface area contributed by atoms with Gasteiger partial charge in [-0.2, -0.15) is 0 Å². The maximum atomic E-state index is 11.3. The summed E-state index contributed by atoms with van der Waals surface area (Å²) in [5.41, 5.74) is 1.06. The minimum atomic E-state index is 0.147. The van der Waals surface area contributed by atoms with Gasteiger partial charge in [-0.1, -0.05) is 0 Å². The molecule has 0 radical (unpaired) electrons. The lowest BCUT2D eigenvalue weighted by Gasteiger charge is -2.11. The van der Waals surface area contributed by atoms with Crippen molar-refractivity contribution in [3.05, 3.63) is 24.3 Å². The van der Waals surface area contributed by atoms with E-state index in [9.17, 15) is 4.79 Å². The molecule has 1 amide bonds. The average molecular weight is 238 g/mol. The molecule has 0 bridgehead atoms. The minimum absolute atomic E-state index is 0.147. The van der Waals surface area contributed by atoms with E-state index in [1.54, 1.807) is 30.8 Å². The Morgan fingerprint density at radius 1 is 1.31 bits per heavy atom. The van der Waals surface area contributed by atoms with Gasteiger partial charge >= 0.3 is 0 Å². The average Bonchev–Trinajstić information content (AvgIpc) is 2.29. The largest absolute Gasteiger partial charge is 0.385 e. The molecular formula is C12H18N2OS. The number of carbonyl (C=O) groups is 1. The first kappa shape index (κ1) is 12.9. The van der Waals surface area contributed by atoms with E-state index in [1.165, 1.54) is 4.90 Å². The molecule has 0 atom stereocenters. The van der Waals surface area contributed by atoms with Crippen LogP contribution < -0.4 is 5.32 Å². The van der Waals surface area contributed by atoms with E-state index in [2.05, 4.69) is 23.7 Å². The summed E-state index contributed by atoms with van der Waals surface area (Å²) in [6, 6.07) is 8.21. The lowest BCUT2D eigenvalue weighted by molar-refractivity contribution is -0.128. The van der Waals surface area contributed by atoms with Gasteiger partial charge in [0, 0.05) is 37.6 Å². The summed E-state index contributed by atoms with van der Waals surface area (Å²) < 4.78 is 0. The summed E-state index contributed by atoms with van der Waals surface area (Å²) in [6.07, 6.45) is 2.58. The first-order chi connectivity index (χ1) is 7.63. The summed E-state index contributed by atoms with van der Waals surface area (Å²) >= 11 is 1.72. The van der Waals surface area contributed by atoms with Crippen LogP contribution in [0.25, 0.3) is 0 Å². The summed E-state index contributed by atoms with van der Waals surface area (Å²) in [6.45, 7) is 0.676. The van der Waals surface area contributed by atoms with Crippen molar-refractivity contribution >= 4 is 23.4 Å². The highest BCUT2D eigenvalue weighted by Gasteiger charge is 2.02. The van der Waals surface area contributed by atoms with Gasteiger partial charge in [0.1, 0.15) is 0 Å². The topological polar surface area (TPSA) is 32.3 Å². The fraction of sp³-hybridized carbons (Fsp3) is 0.417. The van der Waals surface area contributed by atoms with Gasteiger partial charge in [-0.05, 0) is 30.5 Å². The number of benzene rings is 1. The molecule has 16 heavy (non-hydrogen) atoms. The van der Waals surface area contributed by atoms with Crippen LogP contribution in [-0.2, 0) is 4.79 Å². The summed E-state index contributed by atoms with van der Waals surface area (Å²) in [5, 5.41) is 3.22. The molecule has 0 aliphatic rings. The zero-order valence-electron chi connectivity index (χ0n) is 9.99. The predicted octanol–water partition coefficient (Wildman–Crippen LogP) is 2.30. The summed E-state index contributed by atoms with van der Waals surface area (Å²) in [5.74, 6) is 0.147. The molecule has 0 fully saturated rings. The van der Waals surface area contributed by atoms with Crippen LogP contribution in [0.3, 0.4) is 0 Å². The molecule has 0 heterocycles. The van der Waals surface area contributed by atoms with Gasteiger partial charge in [-0.25, -0.2) is 0 Å². The van der Waals surface area contributed by atoms with Gasteiger partial charge in [-0.3, -0.25) is 4.79 Å². The Morgan fingerprint density at radius 2 is 1.94 bits per heavy atom. The zero-order valence-corrected chi connectivity index (χ0v) is 10.8. The van der Waals surface area contributed by atoms with Crippen molar-refractivity contribution in [2.75, 3.05) is 32.2 Å². The van der Waals surface area contributed by atoms with Crippen molar-refractivity contribution in [2.24, 2.45) is 0 Å². The second-order valence-corrected chi connectivity index (χ2v) is 4.57. The zero-order chi connectivity index (χ0) is 12.0. The second kappa shape index (κ2) is 6.43. The molecular weight excluding hydrogens is 220 g/mol. The van der Waals surface area contributed by atoms with Crippen molar-refractivity contribution in [3.63, 3.8) is 0 Å². The molecule has 0 unspecified atom stereocenters. The highest BCUT2D eigenvalue weighted by atomic mass is 32.2. The van der Waals surface area contributed by atoms with Crippen molar-refractivity contribution in [2.45, 2.75) is 11.3 Å². The lowest BCUT2D eigenvalue weighted by atomic mass is 10.3. The van der Waals surface area contributed by atoms with Gasteiger partial charge < -0.3 is 10.2 Å². The normalized spacial score (nSPS) is 9.94. The number of hydrogen-bond donors (Lipinski definition) is 1. The van der Waals surface area contributed by atoms with E-state index in [1.807, 2.05) is 12.1 Å². The second-order valence-electron chi connectivity index (χ2n) is 3.69. The van der Waals surface area contributed by atoms with Gasteiger partial charge in [0.15, 0.2) is 0 Å². The Labute approximate surface area is 101 Å². The molecule has 88 valence electrons. The predicted molar refractivity (Wildman–Crippen MR) is 70.0 cm³/mol. The molecule has 1 aromatic rings. The van der Waals surface area contributed by atoms with E-state index in [-0.39, 0.29) is 5.91 Å². The van der Waals surface area contributed by atoms with Crippen molar-refractivity contribution in [1.29, 1.82) is 0 Å². The van der Waals surface area contributed by atoms with Crippen LogP contribution in [0.15, 0.2) is 29.2 Å². The number of carbonyl (C=O) groups excluding carboxylic acids is 1. The third-order valence-corrected chi connectivity index (χ3v) is 3.00. The van der Waals surface area contributed by atoms with Crippen LogP contribution in [0.1, 0.15) is 6.42 Å². The van der Waals surface area contributed by atoms with E-state index < -0.39 is 0 Å². The third-order valence-electron chi connectivity index (χ3n) is 2.26. The number of thioether (sulfide) groups is 1. The number of nitrogens with zero attached hydrogens (tertiary/aromatic N) is 1. The van der Waals surface area contributed by atoms with Crippen molar-refractivity contribution in [1.82, 2.24) is 4.90 Å². The van der Waals surface area contributed by atoms with E-state index in [0.29, 0.717) is 13.0 Å². The Morgan fingerprint density at radius 3 is 2.44 bits per heavy atom. The SMILES string of the molecule is CSc1ccc(NCCC(=O)N(C)C)cc1. The summed E-state index contributed by atoms with van der Waals surface area (Å²) in [7, 11) is 3.55. The number of amides is 1. The van der Waals surface area contributed by atoms with E-state index >= 15 is 0 Å². The Balaban J connectivity index is 2.34. The molecule has 0 spiro atoms. The first-order valence-corrected chi connectivity index (χ1v) is 6.44. The quantitative estimate of drug-likeness (QED) is 0.799. The van der Waals surface area contributed by atoms with E-state index in [0.717, 1.165) is 5.69 Å². The van der Waals surface area contributed by atoms with Crippen LogP contribution >= 0.6 is 11.8 Å². The summed E-state index contributed by atoms with van der Waals surface area (Å²) in [4.78, 5) is 14.2. The lowest BCUT2D eigenvalue weighted by Crippen LogP contribution is -2.23. The van der Waals surface area contributed by atoms with Crippen molar-refractivity contribution in [3.8, 4) is 0 Å². The van der Waals surface area contributed by atoms with Gasteiger partial charge in [0.05, 0.1) is 0 Å². The Bertz CT molecular complexity index is 335. The number of nitrogens with one attached hydrogen (secondary N) is 1. The fourth-order valence-corrected chi connectivity index (χ4v) is 1.65. The van der Waals surface area contributed by atoms with Crippen LogP contribution in [0, 0.1) is 0 Å². The molecule has 4 heteroatoms. The van der Waals surface area contributed by atoms with E-state index in [4.69, 9.17) is 0 Å². The Kier molecular flexibility index (Phi) is 5.19. The van der Waals surface area contributed by atoms with Crippen molar-refractivity contribution < 1.29 is 4.79 Å². The Hall–Kier alpha value is -1.16. The smallest absolute Gasteiger partial charge is 0.223 e. The molecule has 0 saturated heterocycles. The molecule has 1 aromatic carbocycles. The van der Waals surface area contributed by atoms with Crippen LogP contribution in [0.2, 0.25) is 0 Å². The maximum absolute atomic E-state index is 11.3. The number of hydrogen-bond acceptors (Lipinski definition) is 3. The van der Waals surface area contributed by atoms with Gasteiger partial charge in [-0.15, -0.1) is 11.8 Å². The van der Waals surface area contributed by atoms with Gasteiger partial charge in [0.2, 0.25) is 5.91 Å². The highest BCUT2D eigenvalue weighted by molar-refractivity contribution is 7.98. The first-order valence-electron chi connectivity index (χ1n) is 5.21. The molecule has 1 rings (SSSR count). The van der Waals surface area contributed by atoms with Crippen LogP contribution in [0.5, 0.6) is 0 Å². The number of anilines is 1. The van der Waals surface area contributed by atoms with Crippen LogP contribution in [-0.4, -0.2) is 37.7 Å². The highest BCUT2D eigenvalue weighted by Crippen LogP contribution is 2.17. The maximum Gasteiger partial charge on any atom is 0.223 e. The minimum Gasteiger partial charge on any atom is -0.385 e. The number of rotatable bonds is 5. The molecule has 0 aromatic heterocycles. The molecule has 1 N–H and O–H groups in total. The molecule has 0 aliphatic heterocycles. The molecule has 3 nitrogen and oxygen atoms in total. The monoisotopic (exact) mass is 238 g/mol. The van der Waals surface area contributed by atoms with Gasteiger partial charge in [0.25, 0.3) is 0 Å². The third kappa shape index (κ3) is 4.14. The fourth-order valence-electron chi connectivity index (χ4n) is 1.25.